The van der Waals surface area contributed by atoms with Crippen LogP contribution in [0.15, 0.2) is 48.5 Å². The average Bonchev–Trinajstić information content (AvgIpc) is 2.60. The van der Waals surface area contributed by atoms with Crippen LogP contribution in [0.2, 0.25) is 0 Å². The van der Waals surface area contributed by atoms with Gasteiger partial charge in [0.05, 0.1) is 18.2 Å². The van der Waals surface area contributed by atoms with Gasteiger partial charge in [-0.2, -0.15) is 4.98 Å². The Balaban J connectivity index is 1.95. The smallest absolute Gasteiger partial charge is 0.229 e. The van der Waals surface area contributed by atoms with Crippen molar-refractivity contribution in [1.82, 2.24) is 9.97 Å². The summed E-state index contributed by atoms with van der Waals surface area (Å²) in [4.78, 5) is 9.03. The highest BCUT2D eigenvalue weighted by atomic mass is 16.3. The SMILES string of the molecule is C[C@H](O)c1cccc(Nc2nc(NCCO)c3ccccc3n2)c1. The Hall–Kier alpha value is -2.70. The molecule has 4 N–H and O–H groups in total. The molecule has 0 saturated carbocycles. The lowest BCUT2D eigenvalue weighted by Crippen LogP contribution is -2.09. The summed E-state index contributed by atoms with van der Waals surface area (Å²) in [6.45, 7) is 2.16. The highest BCUT2D eigenvalue weighted by molar-refractivity contribution is 5.90. The number of benzene rings is 2. The van der Waals surface area contributed by atoms with Crippen LogP contribution in [0.4, 0.5) is 17.5 Å². The first kappa shape index (κ1) is 16.2. The molecule has 0 aliphatic carbocycles. The molecule has 2 aromatic carbocycles. The van der Waals surface area contributed by atoms with E-state index in [9.17, 15) is 5.11 Å². The number of nitrogens with one attached hydrogen (secondary N) is 2. The summed E-state index contributed by atoms with van der Waals surface area (Å²) < 4.78 is 0. The van der Waals surface area contributed by atoms with Gasteiger partial charge in [0.15, 0.2) is 0 Å². The maximum absolute atomic E-state index is 9.70. The summed E-state index contributed by atoms with van der Waals surface area (Å²) in [6.07, 6.45) is -0.536. The molecule has 124 valence electrons. The molecule has 0 saturated heterocycles. The largest absolute Gasteiger partial charge is 0.395 e. The quantitative estimate of drug-likeness (QED) is 0.557. The second-order valence-corrected chi connectivity index (χ2v) is 5.49. The summed E-state index contributed by atoms with van der Waals surface area (Å²) in [5.41, 5.74) is 2.43. The number of anilines is 3. The molecule has 0 aliphatic rings. The van der Waals surface area contributed by atoms with Gasteiger partial charge >= 0.3 is 0 Å². The normalized spacial score (nSPS) is 12.1. The second kappa shape index (κ2) is 7.25. The lowest BCUT2D eigenvalue weighted by Gasteiger charge is -2.12. The van der Waals surface area contributed by atoms with Crippen LogP contribution in [-0.4, -0.2) is 33.3 Å². The second-order valence-electron chi connectivity index (χ2n) is 5.49. The number of hydrogen-bond acceptors (Lipinski definition) is 6. The molecule has 0 unspecified atom stereocenters. The van der Waals surface area contributed by atoms with Crippen LogP contribution in [0.1, 0.15) is 18.6 Å². The first-order valence-corrected chi connectivity index (χ1v) is 7.84. The number of aliphatic hydroxyl groups excluding tert-OH is 2. The molecule has 0 bridgehead atoms. The van der Waals surface area contributed by atoms with Crippen LogP contribution in [0.5, 0.6) is 0 Å². The average molecular weight is 324 g/mol. The third-order valence-corrected chi connectivity index (χ3v) is 3.63. The van der Waals surface area contributed by atoms with Gasteiger partial charge in [-0.1, -0.05) is 24.3 Å². The fourth-order valence-corrected chi connectivity index (χ4v) is 2.45. The van der Waals surface area contributed by atoms with Crippen molar-refractivity contribution in [3.05, 3.63) is 54.1 Å². The Kier molecular flexibility index (Phi) is 4.88. The fraction of sp³-hybridized carbons (Fsp3) is 0.222. The molecule has 0 radical (unpaired) electrons. The minimum Gasteiger partial charge on any atom is -0.395 e. The molecule has 6 heteroatoms. The van der Waals surface area contributed by atoms with E-state index in [4.69, 9.17) is 5.11 Å². The van der Waals surface area contributed by atoms with Crippen molar-refractivity contribution in [2.75, 3.05) is 23.8 Å². The van der Waals surface area contributed by atoms with E-state index in [1.807, 2.05) is 48.5 Å². The molecule has 0 fully saturated rings. The molecule has 3 rings (SSSR count). The lowest BCUT2D eigenvalue weighted by atomic mass is 10.1. The van der Waals surface area contributed by atoms with Gasteiger partial charge in [0.25, 0.3) is 0 Å². The Morgan fingerprint density at radius 2 is 1.92 bits per heavy atom. The number of rotatable bonds is 6. The van der Waals surface area contributed by atoms with E-state index >= 15 is 0 Å². The van der Waals surface area contributed by atoms with Gasteiger partial charge in [0.2, 0.25) is 5.95 Å². The number of fused-ring (bicyclic) bond motifs is 1. The highest BCUT2D eigenvalue weighted by Gasteiger charge is 2.08. The summed E-state index contributed by atoms with van der Waals surface area (Å²) in [5.74, 6) is 1.13. The van der Waals surface area contributed by atoms with Gasteiger partial charge in [-0.3, -0.25) is 0 Å². The Morgan fingerprint density at radius 1 is 1.08 bits per heavy atom. The topological polar surface area (TPSA) is 90.3 Å². The summed E-state index contributed by atoms with van der Waals surface area (Å²) in [6, 6.07) is 15.2. The van der Waals surface area contributed by atoms with Gasteiger partial charge in [0, 0.05) is 17.6 Å². The number of para-hydroxylation sites is 1. The van der Waals surface area contributed by atoms with E-state index in [0.717, 1.165) is 22.2 Å². The summed E-state index contributed by atoms with van der Waals surface area (Å²) in [7, 11) is 0. The molecule has 0 amide bonds. The van der Waals surface area contributed by atoms with Crippen LogP contribution in [0.25, 0.3) is 10.9 Å². The lowest BCUT2D eigenvalue weighted by molar-refractivity contribution is 0.199. The number of aliphatic hydroxyl groups is 2. The first-order chi connectivity index (χ1) is 11.7. The van der Waals surface area contributed by atoms with Crippen LogP contribution < -0.4 is 10.6 Å². The maximum Gasteiger partial charge on any atom is 0.229 e. The Bertz CT molecular complexity index is 836. The molecule has 1 atom stereocenters. The maximum atomic E-state index is 9.70. The van der Waals surface area contributed by atoms with Crippen LogP contribution >= 0.6 is 0 Å². The van der Waals surface area contributed by atoms with Crippen molar-refractivity contribution in [2.24, 2.45) is 0 Å². The van der Waals surface area contributed by atoms with Gasteiger partial charge in [-0.25, -0.2) is 4.98 Å². The molecular formula is C18H20N4O2. The number of hydrogen-bond donors (Lipinski definition) is 4. The van der Waals surface area contributed by atoms with E-state index in [1.54, 1.807) is 6.92 Å². The predicted octanol–water partition coefficient (Wildman–Crippen LogP) is 2.83. The zero-order valence-corrected chi connectivity index (χ0v) is 13.4. The van der Waals surface area contributed by atoms with E-state index in [1.165, 1.54) is 0 Å². The minimum absolute atomic E-state index is 0.0253. The molecule has 1 heterocycles. The van der Waals surface area contributed by atoms with Crippen molar-refractivity contribution in [3.8, 4) is 0 Å². The zero-order valence-electron chi connectivity index (χ0n) is 13.4. The molecule has 1 aromatic heterocycles. The molecule has 0 spiro atoms. The third kappa shape index (κ3) is 3.61. The van der Waals surface area contributed by atoms with Crippen LogP contribution in [0, 0.1) is 0 Å². The monoisotopic (exact) mass is 324 g/mol. The van der Waals surface area contributed by atoms with Crippen molar-refractivity contribution in [2.45, 2.75) is 13.0 Å². The van der Waals surface area contributed by atoms with E-state index in [-0.39, 0.29) is 6.61 Å². The summed E-state index contributed by atoms with van der Waals surface area (Å²) >= 11 is 0. The van der Waals surface area contributed by atoms with Gasteiger partial charge < -0.3 is 20.8 Å². The fourth-order valence-electron chi connectivity index (χ4n) is 2.45. The van der Waals surface area contributed by atoms with Crippen molar-refractivity contribution in [3.63, 3.8) is 0 Å². The number of nitrogens with zero attached hydrogens (tertiary/aromatic N) is 2. The standard InChI is InChI=1S/C18H20N4O2/c1-12(24)13-5-4-6-14(11-13)20-18-21-16-8-3-2-7-15(16)17(22-18)19-9-10-23/h2-8,11-12,23-24H,9-10H2,1H3,(H2,19,20,21,22)/t12-/m0/s1. The molecule has 3 aromatic rings. The van der Waals surface area contributed by atoms with Gasteiger partial charge in [-0.15, -0.1) is 0 Å². The van der Waals surface area contributed by atoms with Crippen molar-refractivity contribution >= 4 is 28.4 Å². The van der Waals surface area contributed by atoms with E-state index in [0.29, 0.717) is 18.3 Å². The zero-order chi connectivity index (χ0) is 16.9. The van der Waals surface area contributed by atoms with Crippen LogP contribution in [-0.2, 0) is 0 Å². The minimum atomic E-state index is -0.536. The van der Waals surface area contributed by atoms with Crippen molar-refractivity contribution in [1.29, 1.82) is 0 Å². The van der Waals surface area contributed by atoms with Gasteiger partial charge in [0.1, 0.15) is 5.82 Å². The third-order valence-electron chi connectivity index (χ3n) is 3.63. The number of aromatic nitrogens is 2. The summed E-state index contributed by atoms with van der Waals surface area (Å²) in [5, 5.41) is 25.9. The van der Waals surface area contributed by atoms with Crippen molar-refractivity contribution < 1.29 is 10.2 Å². The van der Waals surface area contributed by atoms with E-state index < -0.39 is 6.10 Å². The predicted molar refractivity (Wildman–Crippen MR) is 95.5 cm³/mol. The van der Waals surface area contributed by atoms with E-state index in [2.05, 4.69) is 20.6 Å². The Labute approximate surface area is 140 Å². The van der Waals surface area contributed by atoms with Crippen LogP contribution in [0.3, 0.4) is 0 Å². The highest BCUT2D eigenvalue weighted by Crippen LogP contribution is 2.24. The molecule has 6 nitrogen and oxygen atoms in total. The Morgan fingerprint density at radius 3 is 2.71 bits per heavy atom. The molecule has 24 heavy (non-hydrogen) atoms. The van der Waals surface area contributed by atoms with Gasteiger partial charge in [-0.05, 0) is 36.8 Å². The molecular weight excluding hydrogens is 304 g/mol. The molecule has 0 aliphatic heterocycles. The first-order valence-electron chi connectivity index (χ1n) is 7.84.